The number of benzene rings is 3. The number of allylic oxidation sites excluding steroid dienone is 1. The predicted octanol–water partition coefficient (Wildman–Crippen LogP) is 5.37. The number of fused-ring (bicyclic) bond motifs is 3. The average molecular weight is 382 g/mol. The predicted molar refractivity (Wildman–Crippen MR) is 112 cm³/mol. The van der Waals surface area contributed by atoms with E-state index in [0.717, 1.165) is 11.1 Å². The van der Waals surface area contributed by atoms with Gasteiger partial charge in [-0.3, -0.25) is 0 Å². The molecule has 1 aromatic heterocycles. The third kappa shape index (κ3) is 2.99. The lowest BCUT2D eigenvalue weighted by molar-refractivity contribution is 0.414. The van der Waals surface area contributed by atoms with Gasteiger partial charge in [-0.05, 0) is 29.8 Å². The van der Waals surface area contributed by atoms with Crippen LogP contribution in [0.15, 0.2) is 94.2 Å². The molecule has 1 atom stereocenters. The first-order chi connectivity index (χ1) is 14.2. The molecule has 0 saturated heterocycles. The maximum atomic E-state index is 13.0. The van der Waals surface area contributed by atoms with E-state index in [2.05, 4.69) is 0 Å². The van der Waals surface area contributed by atoms with E-state index >= 15 is 0 Å². The van der Waals surface area contributed by atoms with Crippen LogP contribution in [0.5, 0.6) is 11.5 Å². The lowest BCUT2D eigenvalue weighted by Crippen LogP contribution is -2.19. The summed E-state index contributed by atoms with van der Waals surface area (Å²) in [5, 5.41) is 0.710. The second-order valence-corrected chi connectivity index (χ2v) is 6.88. The SMILES string of the molecule is COc1ccc2oc(=O)c3c(c2c1)OC(c1ccccc1)=CC3c1ccccc1. The van der Waals surface area contributed by atoms with Gasteiger partial charge in [-0.2, -0.15) is 0 Å². The maximum Gasteiger partial charge on any atom is 0.344 e. The Labute approximate surface area is 167 Å². The van der Waals surface area contributed by atoms with Crippen LogP contribution in [-0.2, 0) is 0 Å². The Kier molecular flexibility index (Phi) is 4.17. The minimum absolute atomic E-state index is 0.276. The van der Waals surface area contributed by atoms with Crippen LogP contribution in [-0.4, -0.2) is 7.11 Å². The van der Waals surface area contributed by atoms with Crippen molar-refractivity contribution in [2.24, 2.45) is 0 Å². The number of hydrogen-bond acceptors (Lipinski definition) is 4. The Morgan fingerprint density at radius 2 is 1.62 bits per heavy atom. The van der Waals surface area contributed by atoms with Crippen molar-refractivity contribution in [1.82, 2.24) is 0 Å². The van der Waals surface area contributed by atoms with Crippen molar-refractivity contribution in [2.45, 2.75) is 5.92 Å². The van der Waals surface area contributed by atoms with E-state index in [-0.39, 0.29) is 5.92 Å². The van der Waals surface area contributed by atoms with Gasteiger partial charge in [0, 0.05) is 11.5 Å². The molecule has 0 spiro atoms. The monoisotopic (exact) mass is 382 g/mol. The molecule has 3 aromatic carbocycles. The van der Waals surface area contributed by atoms with Crippen LogP contribution in [0.25, 0.3) is 16.7 Å². The lowest BCUT2D eigenvalue weighted by Gasteiger charge is -2.25. The van der Waals surface area contributed by atoms with Gasteiger partial charge in [-0.25, -0.2) is 4.79 Å². The van der Waals surface area contributed by atoms with Gasteiger partial charge in [-0.1, -0.05) is 60.7 Å². The third-order valence-corrected chi connectivity index (χ3v) is 5.16. The maximum absolute atomic E-state index is 13.0. The third-order valence-electron chi connectivity index (χ3n) is 5.16. The van der Waals surface area contributed by atoms with Crippen molar-refractivity contribution in [1.29, 1.82) is 0 Å². The molecule has 0 amide bonds. The van der Waals surface area contributed by atoms with Gasteiger partial charge < -0.3 is 13.9 Å². The highest BCUT2D eigenvalue weighted by molar-refractivity contribution is 5.88. The van der Waals surface area contributed by atoms with E-state index in [9.17, 15) is 4.79 Å². The summed E-state index contributed by atoms with van der Waals surface area (Å²) in [4.78, 5) is 13.0. The second-order valence-electron chi connectivity index (χ2n) is 6.88. The summed E-state index contributed by atoms with van der Waals surface area (Å²) >= 11 is 0. The fourth-order valence-corrected chi connectivity index (χ4v) is 3.73. The van der Waals surface area contributed by atoms with Gasteiger partial charge in [-0.15, -0.1) is 0 Å². The highest BCUT2D eigenvalue weighted by Crippen LogP contribution is 2.43. The van der Waals surface area contributed by atoms with Crippen LogP contribution in [0.2, 0.25) is 0 Å². The molecule has 4 aromatic rings. The molecule has 4 nitrogen and oxygen atoms in total. The van der Waals surface area contributed by atoms with E-state index in [4.69, 9.17) is 13.9 Å². The molecule has 29 heavy (non-hydrogen) atoms. The Hall–Kier alpha value is -3.79. The molecule has 1 aliphatic heterocycles. The van der Waals surface area contributed by atoms with Crippen molar-refractivity contribution in [3.05, 3.63) is 112 Å². The average Bonchev–Trinajstić information content (AvgIpc) is 2.79. The number of hydrogen-bond donors (Lipinski definition) is 0. The molecule has 5 rings (SSSR count). The van der Waals surface area contributed by atoms with Crippen LogP contribution in [0.4, 0.5) is 0 Å². The van der Waals surface area contributed by atoms with Gasteiger partial charge in [0.2, 0.25) is 0 Å². The second kappa shape index (κ2) is 6.99. The van der Waals surface area contributed by atoms with E-state index in [0.29, 0.717) is 33.8 Å². The normalized spacial score (nSPS) is 15.3. The molecule has 0 saturated carbocycles. The summed E-state index contributed by atoms with van der Waals surface area (Å²) in [5.74, 6) is 1.62. The van der Waals surface area contributed by atoms with Gasteiger partial charge in [0.05, 0.1) is 18.1 Å². The van der Waals surface area contributed by atoms with Gasteiger partial charge >= 0.3 is 5.63 Å². The van der Waals surface area contributed by atoms with Crippen molar-refractivity contribution < 1.29 is 13.9 Å². The first-order valence-corrected chi connectivity index (χ1v) is 9.39. The quantitative estimate of drug-likeness (QED) is 0.447. The summed E-state index contributed by atoms with van der Waals surface area (Å²) in [6, 6.07) is 25.1. The molecule has 2 heterocycles. The Morgan fingerprint density at radius 3 is 2.34 bits per heavy atom. The molecule has 1 unspecified atom stereocenters. The zero-order valence-corrected chi connectivity index (χ0v) is 15.8. The fourth-order valence-electron chi connectivity index (χ4n) is 3.73. The molecule has 0 radical (unpaired) electrons. The molecule has 0 bridgehead atoms. The molecular formula is C25H18O4. The Morgan fingerprint density at radius 1 is 0.897 bits per heavy atom. The highest BCUT2D eigenvalue weighted by atomic mass is 16.5. The van der Waals surface area contributed by atoms with E-state index < -0.39 is 5.63 Å². The summed E-state index contributed by atoms with van der Waals surface area (Å²) < 4.78 is 17.3. The van der Waals surface area contributed by atoms with E-state index in [1.54, 1.807) is 19.2 Å². The van der Waals surface area contributed by atoms with Crippen molar-refractivity contribution >= 4 is 16.7 Å². The zero-order valence-electron chi connectivity index (χ0n) is 15.8. The zero-order chi connectivity index (χ0) is 19.8. The number of methoxy groups -OCH3 is 1. The Bertz CT molecular complexity index is 1270. The minimum Gasteiger partial charge on any atom is -0.497 e. The van der Waals surface area contributed by atoms with Crippen molar-refractivity contribution in [2.75, 3.05) is 7.11 Å². The van der Waals surface area contributed by atoms with Crippen molar-refractivity contribution in [3.63, 3.8) is 0 Å². The van der Waals surface area contributed by atoms with Crippen LogP contribution >= 0.6 is 0 Å². The molecule has 1 aliphatic rings. The highest BCUT2D eigenvalue weighted by Gasteiger charge is 2.30. The minimum atomic E-state index is -0.394. The van der Waals surface area contributed by atoms with Gasteiger partial charge in [0.25, 0.3) is 0 Å². The summed E-state index contributed by atoms with van der Waals surface area (Å²) in [7, 11) is 1.61. The summed E-state index contributed by atoms with van der Waals surface area (Å²) in [6.07, 6.45) is 1.98. The molecular weight excluding hydrogens is 364 g/mol. The topological polar surface area (TPSA) is 48.7 Å². The van der Waals surface area contributed by atoms with Gasteiger partial charge in [0.15, 0.2) is 0 Å². The summed E-state index contributed by atoms with van der Waals surface area (Å²) in [5.41, 5.74) is 2.52. The molecule has 0 N–H and O–H groups in total. The van der Waals surface area contributed by atoms with E-state index in [1.807, 2.05) is 72.8 Å². The van der Waals surface area contributed by atoms with Crippen LogP contribution < -0.4 is 15.1 Å². The first-order valence-electron chi connectivity index (χ1n) is 9.39. The van der Waals surface area contributed by atoms with Crippen LogP contribution in [0.1, 0.15) is 22.6 Å². The number of ether oxygens (including phenoxy) is 2. The number of rotatable bonds is 3. The molecule has 0 aliphatic carbocycles. The van der Waals surface area contributed by atoms with Gasteiger partial charge in [0.1, 0.15) is 22.8 Å². The first kappa shape index (κ1) is 17.3. The summed E-state index contributed by atoms with van der Waals surface area (Å²) in [6.45, 7) is 0. The standard InChI is InChI=1S/C25H18O4/c1-27-18-12-13-21-20(14-18)24-23(25(26)29-21)19(16-8-4-2-5-9-16)15-22(28-24)17-10-6-3-7-11-17/h2-15,19H,1H3. The van der Waals surface area contributed by atoms with Crippen LogP contribution in [0, 0.1) is 0 Å². The van der Waals surface area contributed by atoms with E-state index in [1.165, 1.54) is 0 Å². The molecule has 4 heteroatoms. The smallest absolute Gasteiger partial charge is 0.344 e. The lowest BCUT2D eigenvalue weighted by atomic mass is 9.88. The molecule has 142 valence electrons. The largest absolute Gasteiger partial charge is 0.497 e. The fraction of sp³-hybridized carbons (Fsp3) is 0.0800. The Balaban J connectivity index is 1.81. The van der Waals surface area contributed by atoms with Crippen molar-refractivity contribution in [3.8, 4) is 11.5 Å². The molecule has 0 fully saturated rings. The van der Waals surface area contributed by atoms with Crippen LogP contribution in [0.3, 0.4) is 0 Å².